The predicted octanol–water partition coefficient (Wildman–Crippen LogP) is -0.495. The molecular weight excluding hydrogens is 209 g/mol. The van der Waals surface area contributed by atoms with E-state index in [1.807, 2.05) is 0 Å². The molecule has 0 fully saturated rings. The van der Waals surface area contributed by atoms with Crippen molar-refractivity contribution in [2.45, 2.75) is 0 Å². The second-order valence-electron chi connectivity index (χ2n) is 2.45. The van der Waals surface area contributed by atoms with Gasteiger partial charge in [0.2, 0.25) is 0 Å². The van der Waals surface area contributed by atoms with Gasteiger partial charge in [-0.25, -0.2) is 4.57 Å². The first-order chi connectivity index (χ1) is 6.18. The number of nitrogens with two attached hydrogens (primary N) is 3. The van der Waals surface area contributed by atoms with Crippen LogP contribution in [0.5, 0.6) is 0 Å². The molecule has 0 aromatic heterocycles. The topological polar surface area (TPSA) is 156 Å². The summed E-state index contributed by atoms with van der Waals surface area (Å²) in [6, 6.07) is 4.99. The van der Waals surface area contributed by atoms with Gasteiger partial charge in [0, 0.05) is 17.1 Å². The third-order valence-electron chi connectivity index (χ3n) is 1.00. The van der Waals surface area contributed by atoms with Crippen molar-refractivity contribution < 1.29 is 19.2 Å². The van der Waals surface area contributed by atoms with E-state index < -0.39 is 7.82 Å². The van der Waals surface area contributed by atoms with Gasteiger partial charge in [-0.3, -0.25) is 0 Å². The number of nitrogen functional groups attached to an aromatic ring is 3. The lowest BCUT2D eigenvalue weighted by Gasteiger charge is -1.97. The van der Waals surface area contributed by atoms with Crippen LogP contribution in [0, 0.1) is 0 Å². The number of hydrogen-bond donors (Lipinski definition) is 6. The van der Waals surface area contributed by atoms with Crippen molar-refractivity contribution >= 4 is 24.9 Å². The van der Waals surface area contributed by atoms with Crippen molar-refractivity contribution in [1.82, 2.24) is 0 Å². The van der Waals surface area contributed by atoms with Gasteiger partial charge >= 0.3 is 7.82 Å². The van der Waals surface area contributed by atoms with Gasteiger partial charge in [-0.05, 0) is 18.2 Å². The lowest BCUT2D eigenvalue weighted by molar-refractivity contribution is 0.275. The molecule has 1 rings (SSSR count). The van der Waals surface area contributed by atoms with Crippen molar-refractivity contribution in [2.24, 2.45) is 0 Å². The fourth-order valence-corrected chi connectivity index (χ4v) is 0.702. The van der Waals surface area contributed by atoms with Gasteiger partial charge < -0.3 is 31.9 Å². The Labute approximate surface area is 80.4 Å². The van der Waals surface area contributed by atoms with Gasteiger partial charge in [-0.2, -0.15) is 0 Å². The van der Waals surface area contributed by atoms with Gasteiger partial charge in [0.15, 0.2) is 0 Å². The molecule has 14 heavy (non-hydrogen) atoms. The molecule has 0 radical (unpaired) electrons. The van der Waals surface area contributed by atoms with Crippen LogP contribution in [0.3, 0.4) is 0 Å². The molecule has 0 saturated carbocycles. The quantitative estimate of drug-likeness (QED) is 0.255. The lowest BCUT2D eigenvalue weighted by Crippen LogP contribution is -1.93. The highest BCUT2D eigenvalue weighted by Crippen LogP contribution is 2.25. The average Bonchev–Trinajstić information content (AvgIpc) is 1.77. The highest BCUT2D eigenvalue weighted by atomic mass is 31.2. The van der Waals surface area contributed by atoms with Crippen LogP contribution < -0.4 is 17.2 Å². The Morgan fingerprint density at radius 3 is 1.14 bits per heavy atom. The Kier molecular flexibility index (Phi) is 4.39. The molecule has 8 heteroatoms. The first kappa shape index (κ1) is 12.7. The van der Waals surface area contributed by atoms with Gasteiger partial charge in [0.05, 0.1) is 0 Å². The summed E-state index contributed by atoms with van der Waals surface area (Å²) in [4.78, 5) is 21.6. The Morgan fingerprint density at radius 2 is 1.00 bits per heavy atom. The van der Waals surface area contributed by atoms with Crippen molar-refractivity contribution in [3.05, 3.63) is 18.2 Å². The Bertz CT molecular complexity index is 292. The molecule has 0 amide bonds. The molecule has 7 nitrogen and oxygen atoms in total. The first-order valence-corrected chi connectivity index (χ1v) is 4.95. The zero-order valence-corrected chi connectivity index (χ0v) is 8.06. The second-order valence-corrected chi connectivity index (χ2v) is 3.47. The number of anilines is 3. The summed E-state index contributed by atoms with van der Waals surface area (Å²) in [5, 5.41) is 0. The number of rotatable bonds is 0. The van der Waals surface area contributed by atoms with Crippen LogP contribution in [-0.2, 0) is 4.57 Å². The molecule has 0 aliphatic rings. The standard InChI is InChI=1S/C6H9N3.H3O4P/c7-4-1-5(8)3-6(9)2-4;1-5(2,3)4/h1-3H,7-9H2;(H3,1,2,3,4). The van der Waals surface area contributed by atoms with E-state index in [0.29, 0.717) is 17.1 Å². The molecule has 0 spiro atoms. The van der Waals surface area contributed by atoms with Crippen molar-refractivity contribution in [2.75, 3.05) is 17.2 Å². The van der Waals surface area contributed by atoms with E-state index >= 15 is 0 Å². The van der Waals surface area contributed by atoms with Crippen LogP contribution in [-0.4, -0.2) is 14.7 Å². The number of hydrogen-bond acceptors (Lipinski definition) is 4. The highest BCUT2D eigenvalue weighted by molar-refractivity contribution is 7.45. The normalized spacial score (nSPS) is 10.2. The average molecular weight is 221 g/mol. The van der Waals surface area contributed by atoms with E-state index in [9.17, 15) is 0 Å². The molecular formula is C6H12N3O4P. The van der Waals surface area contributed by atoms with E-state index in [-0.39, 0.29) is 0 Å². The molecule has 9 N–H and O–H groups in total. The highest BCUT2D eigenvalue weighted by Gasteiger charge is 2.00. The molecule has 1 aromatic rings. The van der Waals surface area contributed by atoms with Gasteiger partial charge in [-0.1, -0.05) is 0 Å². The van der Waals surface area contributed by atoms with Crippen LogP contribution >= 0.6 is 7.82 Å². The molecule has 0 saturated heterocycles. The summed E-state index contributed by atoms with van der Waals surface area (Å²) in [5.74, 6) is 0. The van der Waals surface area contributed by atoms with Crippen molar-refractivity contribution in [1.29, 1.82) is 0 Å². The van der Waals surface area contributed by atoms with Crippen LogP contribution in [0.2, 0.25) is 0 Å². The van der Waals surface area contributed by atoms with Gasteiger partial charge in [0.1, 0.15) is 0 Å². The van der Waals surface area contributed by atoms with Gasteiger partial charge in [0.25, 0.3) is 0 Å². The minimum Gasteiger partial charge on any atom is -0.399 e. The molecule has 0 bridgehead atoms. The molecule has 0 aliphatic heterocycles. The fourth-order valence-electron chi connectivity index (χ4n) is 0.702. The lowest BCUT2D eigenvalue weighted by atomic mass is 10.2. The molecule has 80 valence electrons. The third kappa shape index (κ3) is 8.82. The minimum atomic E-state index is -4.64. The van der Waals surface area contributed by atoms with E-state index in [0.717, 1.165) is 0 Å². The zero-order valence-electron chi connectivity index (χ0n) is 7.16. The Balaban J connectivity index is 0.000000292. The Hall–Kier alpha value is -1.27. The summed E-state index contributed by atoms with van der Waals surface area (Å²) in [6.07, 6.45) is 0. The maximum Gasteiger partial charge on any atom is 0.466 e. The van der Waals surface area contributed by atoms with Gasteiger partial charge in [-0.15, -0.1) is 0 Å². The van der Waals surface area contributed by atoms with Crippen LogP contribution in [0.4, 0.5) is 17.1 Å². The molecule has 0 unspecified atom stereocenters. The summed E-state index contributed by atoms with van der Waals surface area (Å²) in [5.41, 5.74) is 18.0. The number of phosphoric acid groups is 1. The maximum atomic E-state index is 8.88. The maximum absolute atomic E-state index is 8.88. The Morgan fingerprint density at radius 1 is 0.857 bits per heavy atom. The smallest absolute Gasteiger partial charge is 0.399 e. The molecule has 1 aromatic carbocycles. The largest absolute Gasteiger partial charge is 0.466 e. The molecule has 0 aliphatic carbocycles. The summed E-state index contributed by atoms with van der Waals surface area (Å²) in [7, 11) is -4.64. The first-order valence-electron chi connectivity index (χ1n) is 3.38. The van der Waals surface area contributed by atoms with Crippen LogP contribution in [0.25, 0.3) is 0 Å². The summed E-state index contributed by atoms with van der Waals surface area (Å²) in [6.45, 7) is 0. The van der Waals surface area contributed by atoms with Crippen molar-refractivity contribution in [3.8, 4) is 0 Å². The molecule has 0 atom stereocenters. The number of benzene rings is 1. The predicted molar refractivity (Wildman–Crippen MR) is 53.9 cm³/mol. The zero-order chi connectivity index (χ0) is 11.4. The van der Waals surface area contributed by atoms with Crippen LogP contribution in [0.15, 0.2) is 18.2 Å². The third-order valence-corrected chi connectivity index (χ3v) is 1.00. The second kappa shape index (κ2) is 4.83. The molecule has 0 heterocycles. The monoisotopic (exact) mass is 221 g/mol. The van der Waals surface area contributed by atoms with E-state index in [4.69, 9.17) is 36.4 Å². The summed E-state index contributed by atoms with van der Waals surface area (Å²) < 4.78 is 8.88. The van der Waals surface area contributed by atoms with Crippen molar-refractivity contribution in [3.63, 3.8) is 0 Å². The van der Waals surface area contributed by atoms with Crippen LogP contribution in [0.1, 0.15) is 0 Å². The minimum absolute atomic E-state index is 0.604. The van der Waals surface area contributed by atoms with E-state index in [2.05, 4.69) is 0 Å². The van der Waals surface area contributed by atoms with E-state index in [1.165, 1.54) is 0 Å². The SMILES string of the molecule is Nc1cc(N)cc(N)c1.O=P(O)(O)O. The summed E-state index contributed by atoms with van der Waals surface area (Å²) >= 11 is 0. The van der Waals surface area contributed by atoms with E-state index in [1.54, 1.807) is 18.2 Å². The fraction of sp³-hybridized carbons (Fsp3) is 0.